The third-order valence-electron chi connectivity index (χ3n) is 3.14. The fourth-order valence-corrected chi connectivity index (χ4v) is 2.23. The lowest BCUT2D eigenvalue weighted by atomic mass is 9.92. The van der Waals surface area contributed by atoms with Crippen LogP contribution in [0.25, 0.3) is 0 Å². The first-order chi connectivity index (χ1) is 8.40. The molecular weight excluding hydrogens is 253 g/mol. The van der Waals surface area contributed by atoms with Gasteiger partial charge in [-0.15, -0.1) is 0 Å². The van der Waals surface area contributed by atoms with Crippen LogP contribution in [0.3, 0.4) is 0 Å². The van der Waals surface area contributed by atoms with E-state index in [9.17, 15) is 4.39 Å². The molecule has 0 saturated heterocycles. The average molecular weight is 274 g/mol. The van der Waals surface area contributed by atoms with Crippen LogP contribution in [0.4, 0.5) is 4.39 Å². The molecule has 0 aliphatic heterocycles. The van der Waals surface area contributed by atoms with Gasteiger partial charge in [0.15, 0.2) is 0 Å². The van der Waals surface area contributed by atoms with Crippen LogP contribution in [-0.2, 0) is 11.2 Å². The lowest BCUT2D eigenvalue weighted by Crippen LogP contribution is -2.48. The van der Waals surface area contributed by atoms with E-state index < -0.39 is 0 Å². The van der Waals surface area contributed by atoms with Crippen LogP contribution in [0.15, 0.2) is 18.2 Å². The second-order valence-corrected chi connectivity index (χ2v) is 5.25. The van der Waals surface area contributed by atoms with E-state index in [-0.39, 0.29) is 17.5 Å². The summed E-state index contributed by atoms with van der Waals surface area (Å²) in [6, 6.07) is 4.81. The molecule has 1 aromatic rings. The van der Waals surface area contributed by atoms with Crippen LogP contribution in [-0.4, -0.2) is 25.3 Å². The van der Waals surface area contributed by atoms with Crippen LogP contribution < -0.4 is 5.32 Å². The zero-order valence-corrected chi connectivity index (χ0v) is 12.1. The molecule has 102 valence electrons. The van der Waals surface area contributed by atoms with Gasteiger partial charge >= 0.3 is 0 Å². The van der Waals surface area contributed by atoms with Gasteiger partial charge in [-0.05, 0) is 51.9 Å². The minimum Gasteiger partial charge on any atom is -0.374 e. The summed E-state index contributed by atoms with van der Waals surface area (Å²) in [5, 5.41) is 3.61. The quantitative estimate of drug-likeness (QED) is 0.857. The monoisotopic (exact) mass is 273 g/mol. The van der Waals surface area contributed by atoms with Crippen LogP contribution in [0.2, 0.25) is 5.02 Å². The lowest BCUT2D eigenvalue weighted by Gasteiger charge is -2.34. The van der Waals surface area contributed by atoms with E-state index in [1.165, 1.54) is 6.07 Å². The maximum Gasteiger partial charge on any atom is 0.127 e. The number of benzene rings is 1. The third kappa shape index (κ3) is 3.94. The van der Waals surface area contributed by atoms with Crippen molar-refractivity contribution < 1.29 is 9.13 Å². The molecule has 0 saturated carbocycles. The van der Waals surface area contributed by atoms with Crippen molar-refractivity contribution >= 4 is 11.6 Å². The summed E-state index contributed by atoms with van der Waals surface area (Å²) >= 11 is 5.75. The van der Waals surface area contributed by atoms with Crippen molar-refractivity contribution in [1.82, 2.24) is 5.32 Å². The number of nitrogens with one attached hydrogen (secondary N) is 1. The van der Waals surface area contributed by atoms with Crippen LogP contribution in [0, 0.1) is 5.82 Å². The molecular formula is C14H21ClFNO. The molecule has 18 heavy (non-hydrogen) atoms. The molecule has 0 radical (unpaired) electrons. The van der Waals surface area contributed by atoms with Crippen molar-refractivity contribution in [2.75, 3.05) is 13.7 Å². The van der Waals surface area contributed by atoms with Crippen molar-refractivity contribution in [3.05, 3.63) is 34.6 Å². The highest BCUT2D eigenvalue weighted by Crippen LogP contribution is 2.22. The minimum absolute atomic E-state index is 0.0353. The van der Waals surface area contributed by atoms with Crippen LogP contribution in [0.5, 0.6) is 0 Å². The van der Waals surface area contributed by atoms with Crippen molar-refractivity contribution in [1.29, 1.82) is 0 Å². The zero-order valence-electron chi connectivity index (χ0n) is 11.4. The molecule has 1 atom stereocenters. The molecule has 1 aromatic carbocycles. The van der Waals surface area contributed by atoms with Crippen molar-refractivity contribution in [3.8, 4) is 0 Å². The molecule has 0 bridgehead atoms. The molecule has 0 aliphatic rings. The van der Waals surface area contributed by atoms with Gasteiger partial charge in [-0.3, -0.25) is 0 Å². The number of rotatable bonds is 6. The Kier molecular flexibility index (Phi) is 5.57. The Hall–Kier alpha value is -0.640. The number of hydrogen-bond donors (Lipinski definition) is 1. The minimum atomic E-state index is -0.352. The molecule has 0 heterocycles. The van der Waals surface area contributed by atoms with Gasteiger partial charge in [0.25, 0.3) is 0 Å². The van der Waals surface area contributed by atoms with Gasteiger partial charge in [-0.2, -0.15) is 0 Å². The van der Waals surface area contributed by atoms with Crippen molar-refractivity contribution in [3.63, 3.8) is 0 Å². The van der Waals surface area contributed by atoms with Crippen molar-refractivity contribution in [2.24, 2.45) is 0 Å². The van der Waals surface area contributed by atoms with E-state index >= 15 is 0 Å². The summed E-state index contributed by atoms with van der Waals surface area (Å²) in [4.78, 5) is 0. The second-order valence-electron chi connectivity index (χ2n) is 4.82. The molecule has 2 nitrogen and oxygen atoms in total. The molecule has 0 spiro atoms. The molecule has 4 heteroatoms. The Labute approximate surface area is 113 Å². The summed E-state index contributed by atoms with van der Waals surface area (Å²) in [5.74, 6) is -0.268. The second kappa shape index (κ2) is 6.50. The summed E-state index contributed by atoms with van der Waals surface area (Å²) in [6.07, 6.45) is 0.562. The molecule has 0 amide bonds. The Bertz CT molecular complexity index is 395. The Balaban J connectivity index is 2.85. The average Bonchev–Trinajstić information content (AvgIpc) is 2.27. The number of halogens is 2. The maximum absolute atomic E-state index is 13.8. The molecule has 0 aromatic heterocycles. The first-order valence-corrected chi connectivity index (χ1v) is 6.53. The van der Waals surface area contributed by atoms with Crippen LogP contribution in [0.1, 0.15) is 26.3 Å². The van der Waals surface area contributed by atoms with E-state index in [2.05, 4.69) is 5.32 Å². The largest absolute Gasteiger partial charge is 0.374 e. The number of hydrogen-bond acceptors (Lipinski definition) is 2. The molecule has 1 unspecified atom stereocenters. The van der Waals surface area contributed by atoms with Gasteiger partial charge < -0.3 is 10.1 Å². The number of likely N-dealkylation sites (N-methyl/N-ethyl adjacent to an activating group) is 1. The summed E-state index contributed by atoms with van der Waals surface area (Å²) in [5.41, 5.74) is 0.293. The molecule has 1 rings (SSSR count). The van der Waals surface area contributed by atoms with E-state index in [0.29, 0.717) is 23.6 Å². The molecule has 0 fully saturated rings. The molecule has 1 N–H and O–H groups in total. The smallest absolute Gasteiger partial charge is 0.127 e. The highest BCUT2D eigenvalue weighted by atomic mass is 35.5. The summed E-state index contributed by atoms with van der Waals surface area (Å²) < 4.78 is 19.5. The maximum atomic E-state index is 13.8. The van der Waals surface area contributed by atoms with Gasteiger partial charge in [0, 0.05) is 17.7 Å². The fourth-order valence-electron chi connectivity index (χ4n) is 2.08. The highest BCUT2D eigenvalue weighted by molar-refractivity contribution is 6.30. The topological polar surface area (TPSA) is 21.3 Å². The normalized spacial score (nSPS) is 13.7. The standard InChI is InChI=1S/C14H21ClFNO/c1-5-18-14(2,3)13(17-4)8-10-6-7-11(15)9-12(10)16/h6-7,9,13,17H,5,8H2,1-4H3. The van der Waals surface area contributed by atoms with Crippen molar-refractivity contribution in [2.45, 2.75) is 38.8 Å². The van der Waals surface area contributed by atoms with Gasteiger partial charge in [-0.25, -0.2) is 4.39 Å². The number of ether oxygens (including phenoxy) is 1. The fraction of sp³-hybridized carbons (Fsp3) is 0.571. The van der Waals surface area contributed by atoms with Gasteiger partial charge in [0.2, 0.25) is 0 Å². The zero-order chi connectivity index (χ0) is 13.8. The lowest BCUT2D eigenvalue weighted by molar-refractivity contribution is -0.0364. The van der Waals surface area contributed by atoms with Gasteiger partial charge in [-0.1, -0.05) is 17.7 Å². The van der Waals surface area contributed by atoms with Gasteiger partial charge in [0.05, 0.1) is 5.60 Å². The molecule has 0 aliphatic carbocycles. The Morgan fingerprint density at radius 2 is 2.11 bits per heavy atom. The predicted octanol–water partition coefficient (Wildman–Crippen LogP) is 3.42. The van der Waals surface area contributed by atoms with E-state index in [0.717, 1.165) is 0 Å². The first-order valence-electron chi connectivity index (χ1n) is 6.16. The Morgan fingerprint density at radius 3 is 2.61 bits per heavy atom. The van der Waals surface area contributed by atoms with Crippen LogP contribution >= 0.6 is 11.6 Å². The van der Waals surface area contributed by atoms with E-state index in [1.54, 1.807) is 12.1 Å². The SMILES string of the molecule is CCOC(C)(C)C(Cc1ccc(Cl)cc1F)NC. The van der Waals surface area contributed by atoms with E-state index in [4.69, 9.17) is 16.3 Å². The highest BCUT2D eigenvalue weighted by Gasteiger charge is 2.29. The van der Waals surface area contributed by atoms with Gasteiger partial charge in [0.1, 0.15) is 5.82 Å². The summed E-state index contributed by atoms with van der Waals surface area (Å²) in [7, 11) is 1.86. The summed E-state index contributed by atoms with van der Waals surface area (Å²) in [6.45, 7) is 6.60. The predicted molar refractivity (Wildman–Crippen MR) is 73.7 cm³/mol. The van der Waals surface area contributed by atoms with E-state index in [1.807, 2.05) is 27.8 Å². The third-order valence-corrected chi connectivity index (χ3v) is 3.38. The Morgan fingerprint density at radius 1 is 1.44 bits per heavy atom. The first kappa shape index (κ1) is 15.4.